The average molecular weight is 439 g/mol. The quantitative estimate of drug-likeness (QED) is 0.603. The Labute approximate surface area is 185 Å². The molecule has 0 saturated carbocycles. The summed E-state index contributed by atoms with van der Waals surface area (Å²) in [6.07, 6.45) is 1.62. The minimum absolute atomic E-state index is 0.0514. The first-order valence-corrected chi connectivity index (χ1v) is 10.2. The van der Waals surface area contributed by atoms with Crippen LogP contribution in [0.5, 0.6) is 11.5 Å². The Bertz CT molecular complexity index is 1140. The summed E-state index contributed by atoms with van der Waals surface area (Å²) in [6.45, 7) is 2.19. The molecule has 0 saturated heterocycles. The predicted octanol–water partition coefficient (Wildman–Crippen LogP) is 2.39. The number of pyridine rings is 1. The van der Waals surface area contributed by atoms with Crippen molar-refractivity contribution in [3.05, 3.63) is 54.0 Å². The summed E-state index contributed by atoms with van der Waals surface area (Å²) in [6, 6.07) is 10.8. The van der Waals surface area contributed by atoms with Crippen LogP contribution in [-0.4, -0.2) is 61.2 Å². The molecular formula is C23H25N3O6. The molecule has 0 bridgehead atoms. The summed E-state index contributed by atoms with van der Waals surface area (Å²) in [4.78, 5) is 32.6. The van der Waals surface area contributed by atoms with Gasteiger partial charge in [-0.15, -0.1) is 0 Å². The van der Waals surface area contributed by atoms with Crippen molar-refractivity contribution >= 4 is 22.8 Å². The van der Waals surface area contributed by atoms with E-state index >= 15 is 0 Å². The molecule has 0 radical (unpaired) electrons. The molecule has 32 heavy (non-hydrogen) atoms. The fourth-order valence-corrected chi connectivity index (χ4v) is 3.76. The number of para-hydroxylation sites is 1. The number of nitrogens with one attached hydrogen (secondary N) is 1. The lowest BCUT2D eigenvalue weighted by atomic mass is 9.99. The van der Waals surface area contributed by atoms with Crippen molar-refractivity contribution in [3.8, 4) is 11.5 Å². The van der Waals surface area contributed by atoms with Gasteiger partial charge in [0.2, 0.25) is 11.7 Å². The zero-order chi connectivity index (χ0) is 22.7. The maximum atomic E-state index is 13.5. The van der Waals surface area contributed by atoms with Crippen molar-refractivity contribution in [2.24, 2.45) is 0 Å². The second kappa shape index (κ2) is 8.88. The molecule has 0 aliphatic carbocycles. The van der Waals surface area contributed by atoms with Crippen LogP contribution in [-0.2, 0) is 16.1 Å². The molecule has 0 spiro atoms. The van der Waals surface area contributed by atoms with Gasteiger partial charge in [-0.05, 0) is 31.2 Å². The van der Waals surface area contributed by atoms with Crippen molar-refractivity contribution in [3.63, 3.8) is 0 Å². The molecule has 1 N–H and O–H groups in total. The summed E-state index contributed by atoms with van der Waals surface area (Å²) in [5, 5.41) is 3.55. The van der Waals surface area contributed by atoms with E-state index in [0.29, 0.717) is 28.2 Å². The monoisotopic (exact) mass is 439 g/mol. The molecule has 1 aliphatic rings. The minimum Gasteiger partial charge on any atom is -0.495 e. The molecule has 1 unspecified atom stereocenters. The first-order chi connectivity index (χ1) is 15.5. The van der Waals surface area contributed by atoms with Crippen molar-refractivity contribution in [1.29, 1.82) is 0 Å². The second-order valence-electron chi connectivity index (χ2n) is 7.60. The van der Waals surface area contributed by atoms with Crippen molar-refractivity contribution in [2.75, 3.05) is 34.0 Å². The van der Waals surface area contributed by atoms with Gasteiger partial charge in [-0.2, -0.15) is 0 Å². The Balaban J connectivity index is 1.64. The Morgan fingerprint density at radius 1 is 1.25 bits per heavy atom. The molecule has 2 aromatic heterocycles. The van der Waals surface area contributed by atoms with E-state index in [-0.39, 0.29) is 38.0 Å². The number of methoxy groups -OCH3 is 2. The third-order valence-electron chi connectivity index (χ3n) is 5.58. The van der Waals surface area contributed by atoms with Crippen LogP contribution in [0.25, 0.3) is 11.0 Å². The summed E-state index contributed by atoms with van der Waals surface area (Å²) in [7, 11) is 3.08. The Morgan fingerprint density at radius 3 is 2.84 bits per heavy atom. The summed E-state index contributed by atoms with van der Waals surface area (Å²) >= 11 is 0. The van der Waals surface area contributed by atoms with Gasteiger partial charge in [0.05, 0.1) is 25.6 Å². The van der Waals surface area contributed by atoms with Crippen molar-refractivity contribution in [1.82, 2.24) is 15.2 Å². The van der Waals surface area contributed by atoms with Gasteiger partial charge >= 0.3 is 0 Å². The zero-order valence-electron chi connectivity index (χ0n) is 18.2. The molecule has 4 rings (SSSR count). The average Bonchev–Trinajstić information content (AvgIpc) is 3.15. The highest BCUT2D eigenvalue weighted by molar-refractivity contribution is 6.04. The molecule has 168 valence electrons. The van der Waals surface area contributed by atoms with E-state index in [0.717, 1.165) is 0 Å². The topological polar surface area (TPSA) is 103 Å². The number of nitrogens with zero attached hydrogens (tertiary/aromatic N) is 2. The lowest BCUT2D eigenvalue weighted by Gasteiger charge is -2.37. The van der Waals surface area contributed by atoms with Gasteiger partial charge in [-0.25, -0.2) is 0 Å². The van der Waals surface area contributed by atoms with E-state index in [9.17, 15) is 9.59 Å². The van der Waals surface area contributed by atoms with Crippen LogP contribution in [0.3, 0.4) is 0 Å². The largest absolute Gasteiger partial charge is 0.495 e. The number of aromatic nitrogens is 1. The van der Waals surface area contributed by atoms with E-state index in [1.165, 1.54) is 12.0 Å². The highest BCUT2D eigenvalue weighted by Crippen LogP contribution is 2.38. The molecule has 2 amide bonds. The van der Waals surface area contributed by atoms with Gasteiger partial charge in [0.1, 0.15) is 23.6 Å². The third-order valence-corrected chi connectivity index (χ3v) is 5.58. The van der Waals surface area contributed by atoms with Gasteiger partial charge in [0.25, 0.3) is 5.91 Å². The first-order valence-electron chi connectivity index (χ1n) is 10.2. The molecular weight excluding hydrogens is 414 g/mol. The molecule has 1 atom stereocenters. The number of hydrogen-bond donors (Lipinski definition) is 1. The first kappa shape index (κ1) is 21.6. The molecule has 9 nitrogen and oxygen atoms in total. The highest BCUT2D eigenvalue weighted by atomic mass is 16.5. The molecule has 0 fully saturated rings. The maximum absolute atomic E-state index is 13.5. The highest BCUT2D eigenvalue weighted by Gasteiger charge is 2.47. The van der Waals surface area contributed by atoms with Crippen molar-refractivity contribution in [2.45, 2.75) is 19.0 Å². The zero-order valence-corrected chi connectivity index (χ0v) is 18.2. The van der Waals surface area contributed by atoms with E-state index in [1.54, 1.807) is 38.4 Å². The van der Waals surface area contributed by atoms with Gasteiger partial charge < -0.3 is 28.8 Å². The Kier molecular flexibility index (Phi) is 6.00. The fourth-order valence-electron chi connectivity index (χ4n) is 3.76. The molecule has 3 aromatic rings. The van der Waals surface area contributed by atoms with E-state index in [4.69, 9.17) is 18.6 Å². The number of benzene rings is 1. The van der Waals surface area contributed by atoms with Gasteiger partial charge in [-0.3, -0.25) is 14.6 Å². The van der Waals surface area contributed by atoms with Crippen LogP contribution in [0.4, 0.5) is 0 Å². The molecule has 1 aliphatic heterocycles. The van der Waals surface area contributed by atoms with E-state index in [1.807, 2.05) is 18.2 Å². The summed E-state index contributed by atoms with van der Waals surface area (Å²) in [5.41, 5.74) is -0.178. The maximum Gasteiger partial charge on any atom is 0.294 e. The van der Waals surface area contributed by atoms with E-state index < -0.39 is 11.4 Å². The van der Waals surface area contributed by atoms with Crippen molar-refractivity contribution < 1.29 is 28.2 Å². The minimum atomic E-state index is -1.31. The standard InChI is InChI=1S/C23H25N3O6/c1-23(22(28)25-13-16-18(30-3)9-6-10-24-16)14-31-19-15-7-4-5-8-17(15)32-20(19)21(27)26(23)11-12-29-2/h4-10H,11-14H2,1-3H3,(H,25,28). The van der Waals surface area contributed by atoms with Crippen LogP contribution >= 0.6 is 0 Å². The fraction of sp³-hybridized carbons (Fsp3) is 0.348. The van der Waals surface area contributed by atoms with Crippen LogP contribution in [0.1, 0.15) is 23.2 Å². The lowest BCUT2D eigenvalue weighted by molar-refractivity contribution is -0.133. The molecule has 3 heterocycles. The summed E-state index contributed by atoms with van der Waals surface area (Å²) in [5.74, 6) is 0.164. The number of ether oxygens (including phenoxy) is 3. The third kappa shape index (κ3) is 3.75. The number of furan rings is 1. The molecule has 9 heteroatoms. The smallest absolute Gasteiger partial charge is 0.294 e. The number of amides is 2. The molecule has 1 aromatic carbocycles. The Hall–Kier alpha value is -3.59. The van der Waals surface area contributed by atoms with Gasteiger partial charge in [0.15, 0.2) is 11.3 Å². The van der Waals surface area contributed by atoms with Crippen LogP contribution in [0.15, 0.2) is 47.0 Å². The van der Waals surface area contributed by atoms with Crippen LogP contribution in [0, 0.1) is 0 Å². The number of hydrogen-bond acceptors (Lipinski definition) is 7. The van der Waals surface area contributed by atoms with E-state index in [2.05, 4.69) is 10.3 Å². The Morgan fingerprint density at radius 2 is 2.06 bits per heavy atom. The predicted molar refractivity (Wildman–Crippen MR) is 116 cm³/mol. The number of carbonyl (C=O) groups is 2. The normalized spacial score (nSPS) is 18.1. The van der Waals surface area contributed by atoms with Gasteiger partial charge in [-0.1, -0.05) is 12.1 Å². The number of rotatable bonds is 7. The lowest BCUT2D eigenvalue weighted by Crippen LogP contribution is -2.61. The summed E-state index contributed by atoms with van der Waals surface area (Å²) < 4.78 is 22.3. The van der Waals surface area contributed by atoms with Crippen LogP contribution < -0.4 is 14.8 Å². The number of fused-ring (bicyclic) bond motifs is 3. The van der Waals surface area contributed by atoms with Gasteiger partial charge in [0, 0.05) is 19.9 Å². The second-order valence-corrected chi connectivity index (χ2v) is 7.60. The number of carbonyl (C=O) groups excluding carboxylic acids is 2. The SMILES string of the molecule is COCCN1C(=O)c2oc3ccccc3c2OCC1(C)C(=O)NCc1ncccc1OC. The van der Waals surface area contributed by atoms with Crippen LogP contribution in [0.2, 0.25) is 0 Å².